The van der Waals surface area contributed by atoms with Gasteiger partial charge in [0.1, 0.15) is 0 Å². The van der Waals surface area contributed by atoms with Crippen molar-refractivity contribution in [1.29, 1.82) is 0 Å². The predicted octanol–water partition coefficient (Wildman–Crippen LogP) is 2.29. The predicted molar refractivity (Wildman–Crippen MR) is 75.0 cm³/mol. The molecule has 4 heteroatoms. The fourth-order valence-corrected chi connectivity index (χ4v) is 2.50. The monoisotopic (exact) mass is 253 g/mol. The molecule has 1 fully saturated rings. The molecule has 17 heavy (non-hydrogen) atoms. The van der Waals surface area contributed by atoms with E-state index in [9.17, 15) is 0 Å². The molecule has 0 saturated carbocycles. The molecule has 2 N–H and O–H groups in total. The van der Waals surface area contributed by atoms with Crippen molar-refractivity contribution < 1.29 is 0 Å². The van der Waals surface area contributed by atoms with Crippen LogP contribution in [0.2, 0.25) is 5.02 Å². The van der Waals surface area contributed by atoms with Gasteiger partial charge in [0.25, 0.3) is 0 Å². The van der Waals surface area contributed by atoms with Gasteiger partial charge in [-0.3, -0.25) is 0 Å². The Morgan fingerprint density at radius 2 is 1.76 bits per heavy atom. The molecular formula is C13H20ClN3. The molecule has 0 radical (unpaired) electrons. The quantitative estimate of drug-likeness (QED) is 0.780. The Hall–Kier alpha value is -0.930. The highest BCUT2D eigenvalue weighted by Crippen LogP contribution is 2.34. The fraction of sp³-hybridized carbons (Fsp3) is 0.538. The Balaban J connectivity index is 2.33. The maximum Gasteiger partial charge on any atom is 0.0687 e. The zero-order chi connectivity index (χ0) is 12.6. The number of benzene rings is 1. The molecule has 0 spiro atoms. The lowest BCUT2D eigenvalue weighted by molar-refractivity contribution is 0.312. The van der Waals surface area contributed by atoms with Gasteiger partial charge in [-0.05, 0) is 38.1 Å². The number of hydrogen-bond acceptors (Lipinski definition) is 3. The van der Waals surface area contributed by atoms with Crippen LogP contribution in [0.25, 0.3) is 0 Å². The number of halogens is 1. The molecule has 0 unspecified atom stereocenters. The first-order chi connectivity index (χ1) is 8.00. The Labute approximate surface area is 108 Å². The van der Waals surface area contributed by atoms with Gasteiger partial charge < -0.3 is 15.5 Å². The van der Waals surface area contributed by atoms with Gasteiger partial charge in [0.05, 0.1) is 10.7 Å². The van der Waals surface area contributed by atoms with Gasteiger partial charge >= 0.3 is 0 Å². The molecule has 0 aliphatic carbocycles. The zero-order valence-electron chi connectivity index (χ0n) is 10.8. The molecular weight excluding hydrogens is 234 g/mol. The van der Waals surface area contributed by atoms with Crippen LogP contribution in [0.5, 0.6) is 0 Å². The lowest BCUT2D eigenvalue weighted by Gasteiger charge is -2.35. The molecule has 0 amide bonds. The van der Waals surface area contributed by atoms with Crippen LogP contribution in [-0.4, -0.2) is 38.1 Å². The van der Waals surface area contributed by atoms with E-state index in [0.29, 0.717) is 10.7 Å². The molecule has 3 nitrogen and oxygen atoms in total. The first-order valence-electron chi connectivity index (χ1n) is 5.99. The number of likely N-dealkylation sites (N-methyl/N-ethyl adjacent to an activating group) is 1. The van der Waals surface area contributed by atoms with Crippen LogP contribution in [-0.2, 0) is 0 Å². The van der Waals surface area contributed by atoms with E-state index in [1.165, 1.54) is 5.69 Å². The van der Waals surface area contributed by atoms with Crippen molar-refractivity contribution in [1.82, 2.24) is 4.90 Å². The van der Waals surface area contributed by atoms with Gasteiger partial charge in [-0.15, -0.1) is 0 Å². The summed E-state index contributed by atoms with van der Waals surface area (Å²) in [5.74, 6) is 0. The topological polar surface area (TPSA) is 32.5 Å². The minimum absolute atomic E-state index is 0.707. The van der Waals surface area contributed by atoms with E-state index >= 15 is 0 Å². The zero-order valence-corrected chi connectivity index (χ0v) is 11.5. The average Bonchev–Trinajstić information content (AvgIpc) is 2.32. The molecule has 1 aliphatic rings. The molecule has 1 aromatic carbocycles. The summed E-state index contributed by atoms with van der Waals surface area (Å²) in [6.07, 6.45) is 0. The second-order valence-electron chi connectivity index (χ2n) is 4.86. The fourth-order valence-electron chi connectivity index (χ4n) is 2.25. The molecule has 94 valence electrons. The summed E-state index contributed by atoms with van der Waals surface area (Å²) >= 11 is 6.27. The number of aryl methyl sites for hydroxylation is 1. The van der Waals surface area contributed by atoms with Gasteiger partial charge in [-0.2, -0.15) is 0 Å². The van der Waals surface area contributed by atoms with E-state index in [4.69, 9.17) is 17.3 Å². The van der Waals surface area contributed by atoms with E-state index < -0.39 is 0 Å². The standard InChI is InChI=1S/C13H20ClN3/c1-9-8-11(10(2)12(14)13(9)15)17-6-4-16(3)5-7-17/h8H,4-7,15H2,1-3H3. The third kappa shape index (κ3) is 2.35. The Kier molecular flexibility index (Phi) is 3.50. The molecule has 1 aromatic rings. The van der Waals surface area contributed by atoms with Crippen LogP contribution < -0.4 is 10.6 Å². The van der Waals surface area contributed by atoms with Gasteiger partial charge in [-0.25, -0.2) is 0 Å². The maximum absolute atomic E-state index is 6.27. The minimum atomic E-state index is 0.707. The number of rotatable bonds is 1. The summed E-state index contributed by atoms with van der Waals surface area (Å²) in [4.78, 5) is 4.74. The first kappa shape index (κ1) is 12.5. The second kappa shape index (κ2) is 4.75. The van der Waals surface area contributed by atoms with E-state index in [1.807, 2.05) is 13.8 Å². The lowest BCUT2D eigenvalue weighted by atomic mass is 10.1. The third-order valence-electron chi connectivity index (χ3n) is 3.57. The van der Waals surface area contributed by atoms with Crippen molar-refractivity contribution in [2.45, 2.75) is 13.8 Å². The van der Waals surface area contributed by atoms with Crippen molar-refractivity contribution in [2.24, 2.45) is 0 Å². The average molecular weight is 254 g/mol. The van der Waals surface area contributed by atoms with E-state index in [0.717, 1.165) is 37.3 Å². The van der Waals surface area contributed by atoms with Crippen molar-refractivity contribution in [3.05, 3.63) is 22.2 Å². The molecule has 0 bridgehead atoms. The smallest absolute Gasteiger partial charge is 0.0687 e. The van der Waals surface area contributed by atoms with Crippen molar-refractivity contribution >= 4 is 23.0 Å². The molecule has 0 aromatic heterocycles. The molecule has 0 atom stereocenters. The highest BCUT2D eigenvalue weighted by atomic mass is 35.5. The van der Waals surface area contributed by atoms with Crippen molar-refractivity contribution in [3.63, 3.8) is 0 Å². The minimum Gasteiger partial charge on any atom is -0.397 e. The van der Waals surface area contributed by atoms with E-state index in [2.05, 4.69) is 22.9 Å². The van der Waals surface area contributed by atoms with Crippen LogP contribution in [0.15, 0.2) is 6.07 Å². The van der Waals surface area contributed by atoms with Crippen LogP contribution >= 0.6 is 11.6 Å². The van der Waals surface area contributed by atoms with Gasteiger partial charge in [0.15, 0.2) is 0 Å². The summed E-state index contributed by atoms with van der Waals surface area (Å²) in [5, 5.41) is 0.707. The van der Waals surface area contributed by atoms with Crippen LogP contribution in [0.3, 0.4) is 0 Å². The van der Waals surface area contributed by atoms with Crippen LogP contribution in [0.4, 0.5) is 11.4 Å². The summed E-state index contributed by atoms with van der Waals surface area (Å²) in [7, 11) is 2.16. The van der Waals surface area contributed by atoms with Gasteiger partial charge in [0, 0.05) is 31.9 Å². The third-order valence-corrected chi connectivity index (χ3v) is 4.06. The summed E-state index contributed by atoms with van der Waals surface area (Å²) < 4.78 is 0. The Bertz CT molecular complexity index is 423. The van der Waals surface area contributed by atoms with Crippen LogP contribution in [0.1, 0.15) is 11.1 Å². The van der Waals surface area contributed by atoms with Gasteiger partial charge in [-0.1, -0.05) is 11.6 Å². The Morgan fingerprint density at radius 3 is 2.35 bits per heavy atom. The van der Waals surface area contributed by atoms with Crippen LogP contribution in [0, 0.1) is 13.8 Å². The van der Waals surface area contributed by atoms with E-state index in [1.54, 1.807) is 0 Å². The molecule has 2 rings (SSSR count). The molecule has 1 heterocycles. The van der Waals surface area contributed by atoms with E-state index in [-0.39, 0.29) is 0 Å². The summed E-state index contributed by atoms with van der Waals surface area (Å²) in [6, 6.07) is 2.15. The number of nitrogens with two attached hydrogens (primary N) is 1. The molecule has 1 saturated heterocycles. The maximum atomic E-state index is 6.27. The highest BCUT2D eigenvalue weighted by Gasteiger charge is 2.18. The number of nitrogen functional groups attached to an aromatic ring is 1. The normalized spacial score (nSPS) is 17.5. The second-order valence-corrected chi connectivity index (χ2v) is 5.23. The first-order valence-corrected chi connectivity index (χ1v) is 6.37. The molecule has 1 aliphatic heterocycles. The van der Waals surface area contributed by atoms with Gasteiger partial charge in [0.2, 0.25) is 0 Å². The SMILES string of the molecule is Cc1cc(N2CCN(C)CC2)c(C)c(Cl)c1N. The number of anilines is 2. The largest absolute Gasteiger partial charge is 0.397 e. The lowest BCUT2D eigenvalue weighted by Crippen LogP contribution is -2.44. The Morgan fingerprint density at radius 1 is 1.18 bits per heavy atom. The number of nitrogens with zero attached hydrogens (tertiary/aromatic N) is 2. The van der Waals surface area contributed by atoms with Crippen molar-refractivity contribution in [2.75, 3.05) is 43.9 Å². The number of hydrogen-bond donors (Lipinski definition) is 1. The van der Waals surface area contributed by atoms with Crippen molar-refractivity contribution in [3.8, 4) is 0 Å². The highest BCUT2D eigenvalue weighted by molar-refractivity contribution is 6.34. The summed E-state index contributed by atoms with van der Waals surface area (Å²) in [5.41, 5.74) is 10.0. The summed E-state index contributed by atoms with van der Waals surface area (Å²) in [6.45, 7) is 8.36. The number of piperazine rings is 1.